The first-order chi connectivity index (χ1) is 10.6. The number of carbonyl (C=O) groups is 1. The van der Waals surface area contributed by atoms with Crippen molar-refractivity contribution in [1.82, 2.24) is 9.88 Å². The van der Waals surface area contributed by atoms with Gasteiger partial charge in [-0.3, -0.25) is 9.36 Å². The number of oxazole rings is 1. The molecule has 1 atom stereocenters. The van der Waals surface area contributed by atoms with Gasteiger partial charge in [0.2, 0.25) is 5.91 Å². The van der Waals surface area contributed by atoms with Gasteiger partial charge in [0.15, 0.2) is 5.58 Å². The third-order valence-corrected chi connectivity index (χ3v) is 3.37. The third kappa shape index (κ3) is 2.95. The highest BCUT2D eigenvalue weighted by Crippen LogP contribution is 2.11. The van der Waals surface area contributed by atoms with Gasteiger partial charge in [-0.2, -0.15) is 0 Å². The molecule has 0 aliphatic rings. The van der Waals surface area contributed by atoms with Gasteiger partial charge in [-0.05, 0) is 31.2 Å². The minimum Gasteiger partial charge on any atom is -0.469 e. The normalized spacial score (nSPS) is 12.4. The minimum absolute atomic E-state index is 0.0711. The molecule has 1 N–H and O–H groups in total. The second-order valence-corrected chi connectivity index (χ2v) is 5.17. The van der Waals surface area contributed by atoms with Gasteiger partial charge >= 0.3 is 5.76 Å². The van der Waals surface area contributed by atoms with Crippen LogP contribution < -0.4 is 11.1 Å². The van der Waals surface area contributed by atoms with Gasteiger partial charge in [-0.25, -0.2) is 4.79 Å². The SMILES string of the molecule is C[C@H](Cc1ccco1)NC(=O)Cn1c(=O)oc2ccccc21. The summed E-state index contributed by atoms with van der Waals surface area (Å²) < 4.78 is 11.7. The van der Waals surface area contributed by atoms with Crippen molar-refractivity contribution in [3.8, 4) is 0 Å². The van der Waals surface area contributed by atoms with E-state index in [4.69, 9.17) is 8.83 Å². The lowest BCUT2D eigenvalue weighted by Crippen LogP contribution is -2.37. The van der Waals surface area contributed by atoms with Crippen LogP contribution in [0.25, 0.3) is 11.1 Å². The molecule has 1 aromatic carbocycles. The van der Waals surface area contributed by atoms with Crippen LogP contribution in [0.4, 0.5) is 0 Å². The van der Waals surface area contributed by atoms with Crippen molar-refractivity contribution in [3.63, 3.8) is 0 Å². The first-order valence-electron chi connectivity index (χ1n) is 7.03. The molecule has 0 bridgehead atoms. The van der Waals surface area contributed by atoms with E-state index in [0.717, 1.165) is 5.76 Å². The number of furan rings is 1. The summed E-state index contributed by atoms with van der Waals surface area (Å²) in [5.74, 6) is 0.0291. The minimum atomic E-state index is -0.532. The number of fused-ring (bicyclic) bond motifs is 1. The molecule has 114 valence electrons. The van der Waals surface area contributed by atoms with Crippen molar-refractivity contribution >= 4 is 17.0 Å². The molecule has 6 heteroatoms. The lowest BCUT2D eigenvalue weighted by atomic mass is 10.2. The predicted octanol–water partition coefficient (Wildman–Crippen LogP) is 1.93. The molecule has 0 spiro atoms. The molecule has 0 aliphatic heterocycles. The molecule has 3 aromatic rings. The van der Waals surface area contributed by atoms with Gasteiger partial charge < -0.3 is 14.2 Å². The van der Waals surface area contributed by atoms with Gasteiger partial charge in [0, 0.05) is 12.5 Å². The molecular formula is C16H16N2O4. The van der Waals surface area contributed by atoms with Gasteiger partial charge in [-0.1, -0.05) is 12.1 Å². The molecular weight excluding hydrogens is 284 g/mol. The molecule has 0 aliphatic carbocycles. The lowest BCUT2D eigenvalue weighted by molar-refractivity contribution is -0.122. The fourth-order valence-electron chi connectivity index (χ4n) is 2.41. The highest BCUT2D eigenvalue weighted by molar-refractivity contribution is 5.79. The smallest absolute Gasteiger partial charge is 0.420 e. The summed E-state index contributed by atoms with van der Waals surface area (Å²) in [6.45, 7) is 1.81. The number of para-hydroxylation sites is 2. The molecule has 0 saturated heterocycles. The number of nitrogens with one attached hydrogen (secondary N) is 1. The Bertz CT molecular complexity index is 829. The van der Waals surface area contributed by atoms with E-state index < -0.39 is 5.76 Å². The number of nitrogens with zero attached hydrogens (tertiary/aromatic N) is 1. The van der Waals surface area contributed by atoms with Gasteiger partial charge in [-0.15, -0.1) is 0 Å². The van der Waals surface area contributed by atoms with Crippen LogP contribution in [-0.4, -0.2) is 16.5 Å². The van der Waals surface area contributed by atoms with Crippen molar-refractivity contribution in [2.24, 2.45) is 0 Å². The van der Waals surface area contributed by atoms with Crippen LogP contribution in [0.2, 0.25) is 0 Å². The van der Waals surface area contributed by atoms with E-state index in [9.17, 15) is 9.59 Å². The third-order valence-electron chi connectivity index (χ3n) is 3.37. The molecule has 0 saturated carbocycles. The van der Waals surface area contributed by atoms with Crippen molar-refractivity contribution in [1.29, 1.82) is 0 Å². The monoisotopic (exact) mass is 300 g/mol. The largest absolute Gasteiger partial charge is 0.469 e. The molecule has 22 heavy (non-hydrogen) atoms. The summed E-state index contributed by atoms with van der Waals surface area (Å²) >= 11 is 0. The zero-order valence-corrected chi connectivity index (χ0v) is 12.1. The summed E-state index contributed by atoms with van der Waals surface area (Å²) in [5.41, 5.74) is 1.09. The van der Waals surface area contributed by atoms with Crippen molar-refractivity contribution < 1.29 is 13.6 Å². The maximum atomic E-state index is 12.1. The van der Waals surface area contributed by atoms with Crippen molar-refractivity contribution in [2.45, 2.75) is 25.9 Å². The number of hydrogen-bond donors (Lipinski definition) is 1. The van der Waals surface area contributed by atoms with Gasteiger partial charge in [0.25, 0.3) is 0 Å². The van der Waals surface area contributed by atoms with E-state index in [1.807, 2.05) is 13.0 Å². The topological polar surface area (TPSA) is 77.4 Å². The number of carbonyl (C=O) groups excluding carboxylic acids is 1. The Morgan fingerprint density at radius 3 is 2.86 bits per heavy atom. The fourth-order valence-corrected chi connectivity index (χ4v) is 2.41. The van der Waals surface area contributed by atoms with Crippen LogP contribution >= 0.6 is 0 Å². The average Bonchev–Trinajstić information content (AvgIpc) is 3.08. The predicted molar refractivity (Wildman–Crippen MR) is 80.5 cm³/mol. The first kappa shape index (κ1) is 14.2. The van der Waals surface area contributed by atoms with Crippen molar-refractivity contribution in [3.05, 3.63) is 59.0 Å². The molecule has 2 heterocycles. The zero-order chi connectivity index (χ0) is 15.5. The van der Waals surface area contributed by atoms with Crippen LogP contribution in [0, 0.1) is 0 Å². The first-order valence-corrected chi connectivity index (χ1v) is 7.03. The summed E-state index contributed by atoms with van der Waals surface area (Å²) in [7, 11) is 0. The average molecular weight is 300 g/mol. The Hall–Kier alpha value is -2.76. The molecule has 0 radical (unpaired) electrons. The van der Waals surface area contributed by atoms with Crippen LogP contribution in [0.5, 0.6) is 0 Å². The number of amides is 1. The van der Waals surface area contributed by atoms with Crippen molar-refractivity contribution in [2.75, 3.05) is 0 Å². The maximum absolute atomic E-state index is 12.1. The summed E-state index contributed by atoms with van der Waals surface area (Å²) in [4.78, 5) is 23.9. The van der Waals surface area contributed by atoms with Crippen LogP contribution in [0.15, 0.2) is 56.3 Å². The Morgan fingerprint density at radius 1 is 1.27 bits per heavy atom. The second-order valence-electron chi connectivity index (χ2n) is 5.17. The molecule has 2 aromatic heterocycles. The van der Waals surface area contributed by atoms with E-state index in [0.29, 0.717) is 17.5 Å². The van der Waals surface area contributed by atoms with Gasteiger partial charge in [0.1, 0.15) is 12.3 Å². The Kier molecular flexibility index (Phi) is 3.82. The molecule has 3 rings (SSSR count). The zero-order valence-electron chi connectivity index (χ0n) is 12.1. The highest BCUT2D eigenvalue weighted by atomic mass is 16.4. The van der Waals surface area contributed by atoms with E-state index in [1.54, 1.807) is 36.6 Å². The molecule has 0 fully saturated rings. The summed E-state index contributed by atoms with van der Waals surface area (Å²) in [6, 6.07) is 10.6. The lowest BCUT2D eigenvalue weighted by Gasteiger charge is -2.12. The fraction of sp³-hybridized carbons (Fsp3) is 0.250. The van der Waals surface area contributed by atoms with E-state index in [-0.39, 0.29) is 18.5 Å². The van der Waals surface area contributed by atoms with Gasteiger partial charge in [0.05, 0.1) is 11.8 Å². The second kappa shape index (κ2) is 5.93. The van der Waals surface area contributed by atoms with E-state index in [2.05, 4.69) is 5.32 Å². The number of benzene rings is 1. The Balaban J connectivity index is 1.68. The number of hydrogen-bond acceptors (Lipinski definition) is 4. The summed E-state index contributed by atoms with van der Waals surface area (Å²) in [6.07, 6.45) is 2.20. The number of rotatable bonds is 5. The Morgan fingerprint density at radius 2 is 2.09 bits per heavy atom. The number of aromatic nitrogens is 1. The van der Waals surface area contributed by atoms with Crippen LogP contribution in [0.3, 0.4) is 0 Å². The molecule has 6 nitrogen and oxygen atoms in total. The molecule has 0 unspecified atom stereocenters. The quantitative estimate of drug-likeness (QED) is 0.781. The maximum Gasteiger partial charge on any atom is 0.420 e. The van der Waals surface area contributed by atoms with E-state index >= 15 is 0 Å². The standard InChI is InChI=1S/C16H16N2O4/c1-11(9-12-5-4-8-21-12)17-15(19)10-18-13-6-2-3-7-14(13)22-16(18)20/h2-8,11H,9-10H2,1H3,(H,17,19)/t11-/m1/s1. The Labute approximate surface area is 126 Å². The summed E-state index contributed by atoms with van der Waals surface area (Å²) in [5, 5.41) is 2.85. The highest BCUT2D eigenvalue weighted by Gasteiger charge is 2.14. The van der Waals surface area contributed by atoms with E-state index in [1.165, 1.54) is 4.57 Å². The van der Waals surface area contributed by atoms with Crippen LogP contribution in [-0.2, 0) is 17.8 Å². The van der Waals surface area contributed by atoms with Crippen LogP contribution in [0.1, 0.15) is 12.7 Å². The molecule has 1 amide bonds.